The second kappa shape index (κ2) is 37.4. The second-order valence-electron chi connectivity index (χ2n) is 27.4. The summed E-state index contributed by atoms with van der Waals surface area (Å²) in [6, 6.07) is -10.0. The Kier molecular flexibility index (Phi) is 35.0. The van der Waals surface area contributed by atoms with Gasteiger partial charge in [-0.2, -0.15) is 0 Å². The van der Waals surface area contributed by atoms with E-state index >= 15 is 0 Å². The number of nitrogens with one attached hydrogen (secondary N) is 3. The number of hydrogen-bond acceptors (Lipinski definition) is 13. The molecule has 0 aromatic heterocycles. The first-order valence-electron chi connectivity index (χ1n) is 31.9. The Labute approximate surface area is 528 Å². The number of hydrogen-bond donors (Lipinski definition) is 5. The van der Waals surface area contributed by atoms with Crippen molar-refractivity contribution in [2.45, 2.75) is 243 Å². The van der Waals surface area contributed by atoms with Crippen molar-refractivity contribution in [2.24, 2.45) is 52.8 Å². The molecule has 0 aromatic rings. The zero-order valence-corrected chi connectivity index (χ0v) is 58.6. The molecule has 13 atom stereocenters. The van der Waals surface area contributed by atoms with Gasteiger partial charge in [0, 0.05) is 72.4 Å². The van der Waals surface area contributed by atoms with Gasteiger partial charge in [0.2, 0.25) is 47.3 Å². The molecule has 0 aliphatic rings. The number of nitrogens with zero attached hydrogens (tertiary/aromatic N) is 6. The highest BCUT2D eigenvalue weighted by molar-refractivity contribution is 5.99. The molecule has 8 amide bonds. The number of unbranched alkanes of at least 4 members (excludes halogenated alkanes) is 1. The van der Waals surface area contributed by atoms with Gasteiger partial charge in [-0.25, -0.2) is 4.79 Å². The molecule has 88 heavy (non-hydrogen) atoms. The molecule has 0 saturated carbocycles. The zero-order chi connectivity index (χ0) is 68.9. The molecule has 0 rings (SSSR count). The van der Waals surface area contributed by atoms with Crippen molar-refractivity contribution >= 4 is 64.8 Å². The monoisotopic (exact) mass is 1250 g/mol. The number of carboxylic acids is 1. The third-order valence-electron chi connectivity index (χ3n) is 17.4. The highest BCUT2D eigenvalue weighted by atomic mass is 16.4. The van der Waals surface area contributed by atoms with Crippen LogP contribution in [0.5, 0.6) is 0 Å². The Morgan fingerprint density at radius 1 is 0.523 bits per heavy atom. The van der Waals surface area contributed by atoms with Gasteiger partial charge in [-0.05, 0) is 88.5 Å². The number of carboxylic acid groups (broad SMARTS) is 1. The summed E-state index contributed by atoms with van der Waals surface area (Å²) in [5.74, 6) is -10.3. The molecule has 22 nitrogen and oxygen atoms in total. The minimum atomic E-state index is -1.52. The number of amides is 8. The molecule has 0 bridgehead atoms. The Morgan fingerprint density at radius 3 is 1.39 bits per heavy atom. The van der Waals surface area contributed by atoms with E-state index in [1.54, 1.807) is 75.6 Å². The van der Waals surface area contributed by atoms with Crippen LogP contribution in [-0.2, 0) is 52.7 Å². The van der Waals surface area contributed by atoms with E-state index in [4.69, 9.17) is 0 Å². The Bertz CT molecular complexity index is 2360. The third kappa shape index (κ3) is 23.2. The third-order valence-corrected chi connectivity index (χ3v) is 17.4. The minimum Gasteiger partial charge on any atom is -0.480 e. The Hall–Kier alpha value is -5.77. The van der Waals surface area contributed by atoms with E-state index in [1.807, 2.05) is 62.3 Å². The van der Waals surface area contributed by atoms with E-state index in [9.17, 15) is 63.0 Å². The van der Waals surface area contributed by atoms with Gasteiger partial charge in [-0.15, -0.1) is 6.58 Å². The molecule has 0 aliphatic heterocycles. The van der Waals surface area contributed by atoms with Crippen LogP contribution in [0.1, 0.15) is 182 Å². The molecule has 0 spiro atoms. The van der Waals surface area contributed by atoms with Crippen LogP contribution in [-0.4, -0.2) is 214 Å². The van der Waals surface area contributed by atoms with Crippen molar-refractivity contribution in [3.05, 3.63) is 12.7 Å². The summed E-state index contributed by atoms with van der Waals surface area (Å²) in [6.45, 7) is 35.9. The van der Waals surface area contributed by atoms with E-state index in [0.717, 1.165) is 17.7 Å². The lowest BCUT2D eigenvalue weighted by molar-refractivity contribution is -0.157. The van der Waals surface area contributed by atoms with Gasteiger partial charge in [-0.1, -0.05) is 130 Å². The first-order valence-corrected chi connectivity index (χ1v) is 31.9. The number of carbonyl (C=O) groups excluding carboxylic acids is 10. The van der Waals surface area contributed by atoms with Crippen LogP contribution in [0.4, 0.5) is 0 Å². The molecule has 5 N–H and O–H groups in total. The van der Waals surface area contributed by atoms with E-state index in [2.05, 4.69) is 22.5 Å². The van der Waals surface area contributed by atoms with Gasteiger partial charge in [0.15, 0.2) is 11.6 Å². The Morgan fingerprint density at radius 2 is 0.966 bits per heavy atom. The summed E-state index contributed by atoms with van der Waals surface area (Å²) in [7, 11) is 10.4. The lowest BCUT2D eigenvalue weighted by atomic mass is 9.77. The average Bonchev–Trinajstić information content (AvgIpc) is 1.44. The fourth-order valence-corrected chi connectivity index (χ4v) is 11.4. The number of likely N-dealkylation sites (N-methyl/N-ethyl adjacent to an activating group) is 7. The second-order valence-corrected chi connectivity index (χ2v) is 27.4. The molecule has 0 saturated heterocycles. The number of rotatable bonds is 40. The highest BCUT2D eigenvalue weighted by Crippen LogP contribution is 2.32. The van der Waals surface area contributed by atoms with Gasteiger partial charge in [0.25, 0.3) is 0 Å². The maximum absolute atomic E-state index is 15.0. The largest absolute Gasteiger partial charge is 0.480 e. The predicted octanol–water partition coefficient (Wildman–Crippen LogP) is 6.06. The van der Waals surface area contributed by atoms with Crippen LogP contribution in [0, 0.1) is 52.8 Å². The van der Waals surface area contributed by atoms with Crippen molar-refractivity contribution in [1.82, 2.24) is 45.3 Å². The van der Waals surface area contributed by atoms with E-state index < -0.39 is 143 Å². The number of aliphatic carboxylic acids is 1. The van der Waals surface area contributed by atoms with Crippen LogP contribution >= 0.6 is 0 Å². The standard InChI is InChI=1S/C66H119N9O13/c1-27-30-31-42(14)55(78)54(58(80)69-47(28-2)65(87)88)74(25)64(86)53(41(12)13)73(24)63(85)50(34-39(8)9)72(23)62(84)49(33-38(6)7)71(22)60(82)45(17)68-57(79)43(15)35-51(76)48(32-37(4)5)70(21)61(83)46(40(10)11)36-52(77)56(66(18,19)29-3)75(26)59(81)44(16)67-20/h29,37-50,53-56,67,78H,3,27-28,30-36H2,1-2,4-26H3,(H,68,79)(H,69,80)(H,87,88)/t42-,43-,44-,45-,46+,47+,48+,49+,50+,53+,54+,55-,56-/m1/s1. The highest BCUT2D eigenvalue weighted by Gasteiger charge is 2.46. The van der Waals surface area contributed by atoms with Crippen LogP contribution in [0.2, 0.25) is 0 Å². The minimum absolute atomic E-state index is 0.0424. The lowest BCUT2D eigenvalue weighted by Gasteiger charge is -2.41. The molecule has 22 heteroatoms. The molecule has 0 radical (unpaired) electrons. The van der Waals surface area contributed by atoms with Crippen LogP contribution < -0.4 is 16.0 Å². The number of aliphatic hydroxyl groups excluding tert-OH is 1. The van der Waals surface area contributed by atoms with Crippen LogP contribution in [0.15, 0.2) is 12.7 Å². The van der Waals surface area contributed by atoms with Crippen LogP contribution in [0.3, 0.4) is 0 Å². The molecule has 0 heterocycles. The van der Waals surface area contributed by atoms with Crippen LogP contribution in [0.25, 0.3) is 0 Å². The van der Waals surface area contributed by atoms with Crippen molar-refractivity contribution < 1.29 is 63.0 Å². The van der Waals surface area contributed by atoms with Crippen molar-refractivity contribution in [1.29, 1.82) is 0 Å². The maximum Gasteiger partial charge on any atom is 0.326 e. The normalized spacial score (nSPS) is 16.4. The van der Waals surface area contributed by atoms with E-state index in [0.29, 0.717) is 6.42 Å². The fraction of sp³-hybridized carbons (Fsp3) is 0.803. The smallest absolute Gasteiger partial charge is 0.326 e. The summed E-state index contributed by atoms with van der Waals surface area (Å²) in [5.41, 5.74) is -0.860. The number of aliphatic hydroxyl groups is 1. The van der Waals surface area contributed by atoms with Gasteiger partial charge in [0.05, 0.1) is 24.2 Å². The summed E-state index contributed by atoms with van der Waals surface area (Å²) in [6.07, 6.45) is 2.37. The quantitative estimate of drug-likeness (QED) is 0.0436. The Balaban J connectivity index is 6.94. The number of ketones is 2. The summed E-state index contributed by atoms with van der Waals surface area (Å²) in [5, 5.41) is 29.6. The van der Waals surface area contributed by atoms with Gasteiger partial charge < -0.3 is 55.6 Å². The van der Waals surface area contributed by atoms with Crippen molar-refractivity contribution in [3.63, 3.8) is 0 Å². The fourth-order valence-electron chi connectivity index (χ4n) is 11.4. The van der Waals surface area contributed by atoms with Crippen molar-refractivity contribution in [2.75, 3.05) is 49.3 Å². The number of Topliss-reactive ketones (excluding diaryl/α,β-unsaturated/α-hetero) is 2. The van der Waals surface area contributed by atoms with Crippen molar-refractivity contribution in [3.8, 4) is 0 Å². The first-order chi connectivity index (χ1) is 40.5. The lowest BCUT2D eigenvalue weighted by Crippen LogP contribution is -2.63. The molecule has 506 valence electrons. The molecule has 0 aromatic carbocycles. The van der Waals surface area contributed by atoms with E-state index in [1.165, 1.54) is 66.7 Å². The van der Waals surface area contributed by atoms with Gasteiger partial charge >= 0.3 is 5.97 Å². The van der Waals surface area contributed by atoms with Gasteiger partial charge in [-0.3, -0.25) is 47.9 Å². The van der Waals surface area contributed by atoms with Gasteiger partial charge in [0.1, 0.15) is 36.3 Å². The zero-order valence-electron chi connectivity index (χ0n) is 58.6. The molecular weight excluding hydrogens is 1130 g/mol. The molecule has 0 aliphatic carbocycles. The molecule has 0 fully saturated rings. The predicted molar refractivity (Wildman–Crippen MR) is 344 cm³/mol. The number of carbonyl (C=O) groups is 11. The molecule has 0 unspecified atom stereocenters. The average molecular weight is 1250 g/mol. The molecular formula is C66H119N9O13. The maximum atomic E-state index is 15.0. The summed E-state index contributed by atoms with van der Waals surface area (Å²) in [4.78, 5) is 163. The topological polar surface area (TPSA) is 284 Å². The summed E-state index contributed by atoms with van der Waals surface area (Å²) >= 11 is 0. The van der Waals surface area contributed by atoms with E-state index in [-0.39, 0.29) is 73.9 Å². The summed E-state index contributed by atoms with van der Waals surface area (Å²) < 4.78 is 0. The first kappa shape index (κ1) is 82.2. The SMILES string of the molecule is C=CC(C)(C)[C@@H](C(=O)C[C@H](C(=O)N(C)[C@@H](CC(C)C)C(=O)C[C@@H](C)C(=O)N[C@H](C)C(=O)N(C)[C@@H](CC(C)C)C(=O)N(C)[C@@H](CC(C)C)C(=O)N(C)[C@H](C(=O)N(C)[C@H](C(=O)N[C@@H](CC)C(=O)O)[C@H](O)[C@H](C)CCCC)C(C)C)C(C)C)N(C)C(=O)[C@@H](C)NC.